The van der Waals surface area contributed by atoms with Gasteiger partial charge in [-0.05, 0) is 47.9 Å². The number of benzene rings is 2. The predicted octanol–water partition coefficient (Wildman–Crippen LogP) is 2.48. The molecule has 0 spiro atoms. The molecule has 1 saturated heterocycles. The number of hydrogen-bond donors (Lipinski definition) is 1. The lowest BCUT2D eigenvalue weighted by Gasteiger charge is -2.27. The number of nitrogens with zero attached hydrogens (tertiary/aromatic N) is 1. The lowest BCUT2D eigenvalue weighted by molar-refractivity contribution is -0.909. The molecule has 2 atom stereocenters. The molecule has 5 nitrogen and oxygen atoms in total. The Morgan fingerprint density at radius 3 is 2.48 bits per heavy atom. The summed E-state index contributed by atoms with van der Waals surface area (Å²) in [5, 5.41) is 0. The van der Waals surface area contributed by atoms with Crippen molar-refractivity contribution < 1.29 is 19.2 Å². The highest BCUT2D eigenvalue weighted by Gasteiger charge is 2.45. The molecule has 0 aromatic heterocycles. The number of carbonyl (C=O) groups excluding carboxylic acids is 2. The van der Waals surface area contributed by atoms with Crippen LogP contribution in [0, 0.1) is 0 Å². The van der Waals surface area contributed by atoms with E-state index in [4.69, 9.17) is 4.74 Å². The van der Waals surface area contributed by atoms with Gasteiger partial charge in [0, 0.05) is 6.42 Å². The highest BCUT2D eigenvalue weighted by atomic mass is 16.5. The predicted molar refractivity (Wildman–Crippen MR) is 113 cm³/mol. The van der Waals surface area contributed by atoms with E-state index in [1.807, 2.05) is 30.3 Å². The van der Waals surface area contributed by atoms with Crippen LogP contribution in [0.25, 0.3) is 5.57 Å². The van der Waals surface area contributed by atoms with E-state index in [-0.39, 0.29) is 24.3 Å². The Bertz CT molecular complexity index is 905. The van der Waals surface area contributed by atoms with Gasteiger partial charge in [0.15, 0.2) is 6.04 Å². The molecule has 0 aliphatic carbocycles. The van der Waals surface area contributed by atoms with E-state index in [0.717, 1.165) is 31.7 Å². The van der Waals surface area contributed by atoms with Crippen LogP contribution >= 0.6 is 0 Å². The summed E-state index contributed by atoms with van der Waals surface area (Å²) in [5.74, 6) is 0.544. The third kappa shape index (κ3) is 4.10. The maximum atomic E-state index is 13.1. The summed E-state index contributed by atoms with van der Waals surface area (Å²) < 4.78 is 5.59. The average Bonchev–Trinajstić information content (AvgIpc) is 3.07. The third-order valence-corrected chi connectivity index (χ3v) is 5.68. The van der Waals surface area contributed by atoms with Gasteiger partial charge < -0.3 is 9.64 Å². The van der Waals surface area contributed by atoms with Crippen LogP contribution < -0.4 is 14.5 Å². The van der Waals surface area contributed by atoms with E-state index in [2.05, 4.69) is 25.1 Å². The molecule has 1 N–H and O–H groups in total. The normalized spacial score (nSPS) is 22.0. The fourth-order valence-electron chi connectivity index (χ4n) is 4.12. The molecule has 4 rings (SSSR count). The summed E-state index contributed by atoms with van der Waals surface area (Å²) in [6.45, 7) is 4.34. The molecule has 150 valence electrons. The van der Waals surface area contributed by atoms with E-state index in [0.29, 0.717) is 12.3 Å². The van der Waals surface area contributed by atoms with E-state index >= 15 is 0 Å². The molecule has 2 aromatic rings. The first kappa shape index (κ1) is 19.4. The Hall–Kier alpha value is -2.92. The smallest absolute Gasteiger partial charge is 0.292 e. The van der Waals surface area contributed by atoms with Crippen LogP contribution in [0.3, 0.4) is 0 Å². The van der Waals surface area contributed by atoms with Crippen molar-refractivity contribution in [2.45, 2.75) is 32.2 Å². The molecule has 1 fully saturated rings. The van der Waals surface area contributed by atoms with Crippen molar-refractivity contribution in [1.29, 1.82) is 0 Å². The standard InChI is InChI=1S/C24H26N2O3/c1-2-16-29-21-10-8-20(9-11-21)26-23(27)17-22(24(26)28)25-14-12-19(13-15-25)18-6-4-3-5-7-18/h3-12,22H,2,13-17H2,1H3/p+1. The molecular formula is C24H27N2O3+. The average molecular weight is 391 g/mol. The van der Waals surface area contributed by atoms with Gasteiger partial charge in [0.25, 0.3) is 5.91 Å². The largest absolute Gasteiger partial charge is 0.494 e. The first-order chi connectivity index (χ1) is 14.2. The highest BCUT2D eigenvalue weighted by Crippen LogP contribution is 2.25. The van der Waals surface area contributed by atoms with Crippen molar-refractivity contribution in [3.63, 3.8) is 0 Å². The number of ether oxygens (including phenoxy) is 1. The summed E-state index contributed by atoms with van der Waals surface area (Å²) in [7, 11) is 0. The minimum Gasteiger partial charge on any atom is -0.494 e. The molecular weight excluding hydrogens is 364 g/mol. The van der Waals surface area contributed by atoms with E-state index < -0.39 is 0 Å². The van der Waals surface area contributed by atoms with Gasteiger partial charge >= 0.3 is 0 Å². The molecule has 2 aliphatic heterocycles. The number of rotatable bonds is 6. The number of quaternary nitrogens is 1. The van der Waals surface area contributed by atoms with Crippen LogP contribution in [0.1, 0.15) is 31.7 Å². The Labute approximate surface area is 171 Å². The first-order valence-electron chi connectivity index (χ1n) is 10.4. The molecule has 2 aromatic carbocycles. The SMILES string of the molecule is CCCOc1ccc(N2C(=O)CC([NH+]3CC=C(c4ccccc4)CC3)C2=O)cc1. The summed E-state index contributed by atoms with van der Waals surface area (Å²) in [6.07, 6.45) is 4.34. The molecule has 29 heavy (non-hydrogen) atoms. The topological polar surface area (TPSA) is 51.0 Å². The molecule has 5 heteroatoms. The number of hydrogen-bond acceptors (Lipinski definition) is 3. The second-order valence-electron chi connectivity index (χ2n) is 7.62. The van der Waals surface area contributed by atoms with Gasteiger partial charge in [-0.15, -0.1) is 0 Å². The molecule has 2 aliphatic rings. The van der Waals surface area contributed by atoms with Crippen molar-refractivity contribution in [3.8, 4) is 5.75 Å². The highest BCUT2D eigenvalue weighted by molar-refractivity contribution is 6.21. The van der Waals surface area contributed by atoms with Crippen molar-refractivity contribution >= 4 is 23.1 Å². The Morgan fingerprint density at radius 2 is 1.83 bits per heavy atom. The monoisotopic (exact) mass is 391 g/mol. The Kier molecular flexibility index (Phi) is 5.76. The van der Waals surface area contributed by atoms with Gasteiger partial charge in [-0.25, -0.2) is 4.90 Å². The van der Waals surface area contributed by atoms with Gasteiger partial charge in [0.2, 0.25) is 5.91 Å². The number of imide groups is 1. The zero-order valence-electron chi connectivity index (χ0n) is 16.8. The van der Waals surface area contributed by atoms with Gasteiger partial charge in [-0.1, -0.05) is 37.3 Å². The second kappa shape index (κ2) is 8.62. The minimum atomic E-state index is -0.299. The third-order valence-electron chi connectivity index (χ3n) is 5.68. The van der Waals surface area contributed by atoms with Crippen LogP contribution in [0.2, 0.25) is 0 Å². The Balaban J connectivity index is 1.44. The first-order valence-corrected chi connectivity index (χ1v) is 10.4. The van der Waals surface area contributed by atoms with Crippen molar-refractivity contribution in [2.24, 2.45) is 0 Å². The van der Waals surface area contributed by atoms with Gasteiger partial charge in [-0.3, -0.25) is 9.59 Å². The van der Waals surface area contributed by atoms with E-state index in [1.54, 1.807) is 12.1 Å². The lowest BCUT2D eigenvalue weighted by Crippen LogP contribution is -3.17. The van der Waals surface area contributed by atoms with E-state index in [9.17, 15) is 9.59 Å². The zero-order valence-corrected chi connectivity index (χ0v) is 16.8. The molecule has 2 amide bonds. The molecule has 2 heterocycles. The summed E-state index contributed by atoms with van der Waals surface area (Å²) in [4.78, 5) is 28.2. The molecule has 0 bridgehead atoms. The Morgan fingerprint density at radius 1 is 1.07 bits per heavy atom. The maximum absolute atomic E-state index is 13.1. The van der Waals surface area contributed by atoms with Crippen LogP contribution in [-0.2, 0) is 9.59 Å². The van der Waals surface area contributed by atoms with Crippen LogP contribution in [0.15, 0.2) is 60.7 Å². The number of anilines is 1. The van der Waals surface area contributed by atoms with Crippen LogP contribution in [0.4, 0.5) is 5.69 Å². The fourth-order valence-corrected chi connectivity index (χ4v) is 4.12. The lowest BCUT2D eigenvalue weighted by atomic mass is 9.98. The molecule has 2 unspecified atom stereocenters. The van der Waals surface area contributed by atoms with Gasteiger partial charge in [0.1, 0.15) is 5.75 Å². The number of amides is 2. The number of nitrogens with one attached hydrogen (secondary N) is 1. The van der Waals surface area contributed by atoms with E-state index in [1.165, 1.54) is 20.9 Å². The van der Waals surface area contributed by atoms with Gasteiger partial charge in [0.05, 0.1) is 31.8 Å². The summed E-state index contributed by atoms with van der Waals surface area (Å²) >= 11 is 0. The minimum absolute atomic E-state index is 0.0937. The van der Waals surface area contributed by atoms with Crippen molar-refractivity contribution in [1.82, 2.24) is 0 Å². The van der Waals surface area contributed by atoms with Crippen LogP contribution in [0.5, 0.6) is 5.75 Å². The number of carbonyl (C=O) groups is 2. The molecule has 0 saturated carbocycles. The second-order valence-corrected chi connectivity index (χ2v) is 7.62. The quantitative estimate of drug-likeness (QED) is 0.770. The summed E-state index contributed by atoms with van der Waals surface area (Å²) in [6, 6.07) is 17.3. The fraction of sp³-hybridized carbons (Fsp3) is 0.333. The zero-order chi connectivity index (χ0) is 20.2. The molecule has 0 radical (unpaired) electrons. The van der Waals surface area contributed by atoms with Crippen molar-refractivity contribution in [2.75, 3.05) is 24.6 Å². The summed E-state index contributed by atoms with van der Waals surface area (Å²) in [5.41, 5.74) is 3.20. The van der Waals surface area contributed by atoms with Crippen molar-refractivity contribution in [3.05, 3.63) is 66.2 Å². The maximum Gasteiger partial charge on any atom is 0.292 e. The van der Waals surface area contributed by atoms with Gasteiger partial charge in [-0.2, -0.15) is 0 Å². The van der Waals surface area contributed by atoms with Crippen LogP contribution in [-0.4, -0.2) is 37.6 Å².